The number of pyridine rings is 1. The lowest BCUT2D eigenvalue weighted by molar-refractivity contribution is -0.391. The number of rotatable bonds is 7. The van der Waals surface area contributed by atoms with E-state index in [1.54, 1.807) is 30.3 Å². The van der Waals surface area contributed by atoms with Crippen molar-refractivity contribution in [2.45, 2.75) is 25.2 Å². The van der Waals surface area contributed by atoms with E-state index < -0.39 is 41.1 Å². The molecule has 194 valence electrons. The molecule has 8 nitrogen and oxygen atoms in total. The van der Waals surface area contributed by atoms with Crippen LogP contribution in [0.5, 0.6) is 11.5 Å². The van der Waals surface area contributed by atoms with Crippen LogP contribution in [-0.4, -0.2) is 36.1 Å². The first-order valence-corrected chi connectivity index (χ1v) is 10.7. The third-order valence-electron chi connectivity index (χ3n) is 5.25. The van der Waals surface area contributed by atoms with Crippen LogP contribution >= 0.6 is 0 Å². The van der Waals surface area contributed by atoms with Gasteiger partial charge >= 0.3 is 12.2 Å². The highest BCUT2D eigenvalue weighted by atomic mass is 19.3. The minimum atomic E-state index is -5.00. The molecule has 1 aliphatic heterocycles. The zero-order valence-electron chi connectivity index (χ0n) is 19.1. The number of aromatic nitrogens is 1. The van der Waals surface area contributed by atoms with Crippen LogP contribution in [-0.2, 0) is 17.8 Å². The molecule has 0 unspecified atom stereocenters. The lowest BCUT2D eigenvalue weighted by Crippen LogP contribution is -2.52. The summed E-state index contributed by atoms with van der Waals surface area (Å²) in [6, 6.07) is 10.7. The third kappa shape index (κ3) is 5.55. The Hall–Kier alpha value is -4.42. The molecule has 13 heteroatoms. The summed E-state index contributed by atoms with van der Waals surface area (Å²) in [4.78, 5) is 28.6. The number of nitrogens with zero attached hydrogens (tertiary/aromatic N) is 1. The smallest absolute Gasteiger partial charge is 0.421 e. The van der Waals surface area contributed by atoms with E-state index in [2.05, 4.69) is 30.4 Å². The van der Waals surface area contributed by atoms with Crippen molar-refractivity contribution in [2.24, 2.45) is 0 Å². The summed E-state index contributed by atoms with van der Waals surface area (Å²) in [5.41, 5.74) is 1.15. The van der Waals surface area contributed by atoms with Crippen LogP contribution in [0.15, 0.2) is 54.7 Å². The van der Waals surface area contributed by atoms with Gasteiger partial charge in [0.05, 0.1) is 17.7 Å². The van der Waals surface area contributed by atoms with E-state index in [4.69, 9.17) is 0 Å². The number of benzene rings is 2. The lowest BCUT2D eigenvalue weighted by Gasteiger charge is -2.32. The SMILES string of the molecule is CNC(=O)Cc1cc(CNc2ccccc2C(=O)Nc2cc3c(cc2F)OC(F)(F)C(F)(F)O3)ccn1. The van der Waals surface area contributed by atoms with Crippen LogP contribution in [0.3, 0.4) is 0 Å². The Morgan fingerprint density at radius 2 is 1.62 bits per heavy atom. The van der Waals surface area contributed by atoms with Gasteiger partial charge < -0.3 is 25.4 Å². The van der Waals surface area contributed by atoms with E-state index in [1.165, 1.54) is 19.3 Å². The normalized spacial score (nSPS) is 15.0. The summed E-state index contributed by atoms with van der Waals surface area (Å²) in [6.07, 6.45) is -8.37. The molecule has 0 aliphatic carbocycles. The Morgan fingerprint density at radius 1 is 0.946 bits per heavy atom. The number of anilines is 2. The summed E-state index contributed by atoms with van der Waals surface area (Å²) < 4.78 is 76.0. The maximum Gasteiger partial charge on any atom is 0.507 e. The first-order valence-electron chi connectivity index (χ1n) is 10.7. The molecule has 1 aromatic heterocycles. The average molecular weight is 522 g/mol. The molecular weight excluding hydrogens is 503 g/mol. The highest BCUT2D eigenvalue weighted by molar-refractivity contribution is 6.08. The summed E-state index contributed by atoms with van der Waals surface area (Å²) in [6.45, 7) is 0.245. The van der Waals surface area contributed by atoms with Crippen LogP contribution in [0.1, 0.15) is 21.6 Å². The number of halogens is 5. The molecule has 0 fully saturated rings. The van der Waals surface area contributed by atoms with Gasteiger partial charge in [0.2, 0.25) is 5.91 Å². The quantitative estimate of drug-likeness (QED) is 0.400. The molecule has 0 saturated carbocycles. The molecule has 1 aliphatic rings. The zero-order chi connectivity index (χ0) is 26.8. The van der Waals surface area contributed by atoms with E-state index in [1.807, 2.05) is 0 Å². The number of hydrogen-bond donors (Lipinski definition) is 3. The Balaban J connectivity index is 1.50. The third-order valence-corrected chi connectivity index (χ3v) is 5.25. The summed E-state index contributed by atoms with van der Waals surface area (Å²) in [7, 11) is 1.51. The number of alkyl halides is 4. The molecule has 0 saturated heterocycles. The second-order valence-corrected chi connectivity index (χ2v) is 7.88. The molecule has 3 aromatic rings. The molecule has 2 heterocycles. The maximum absolute atomic E-state index is 14.5. The molecular formula is C24H19F5N4O4. The molecule has 3 N–H and O–H groups in total. The predicted molar refractivity (Wildman–Crippen MR) is 121 cm³/mol. The molecule has 4 rings (SSSR count). The maximum atomic E-state index is 14.5. The van der Waals surface area contributed by atoms with Crippen LogP contribution in [0.2, 0.25) is 0 Å². The number of ether oxygens (including phenoxy) is 2. The number of hydrogen-bond acceptors (Lipinski definition) is 6. The topological polar surface area (TPSA) is 102 Å². The number of amides is 2. The van der Waals surface area contributed by atoms with Gasteiger partial charge in [0.25, 0.3) is 5.91 Å². The number of fused-ring (bicyclic) bond motifs is 1. The van der Waals surface area contributed by atoms with Gasteiger partial charge in [0.15, 0.2) is 17.3 Å². The van der Waals surface area contributed by atoms with Crippen LogP contribution in [0.25, 0.3) is 0 Å². The van der Waals surface area contributed by atoms with Crippen molar-refractivity contribution in [1.29, 1.82) is 0 Å². The van der Waals surface area contributed by atoms with Crippen molar-refractivity contribution in [3.05, 3.63) is 77.4 Å². The Labute approximate surface area is 206 Å². The molecule has 2 amide bonds. The van der Waals surface area contributed by atoms with Gasteiger partial charge in [-0.15, -0.1) is 0 Å². The summed E-state index contributed by atoms with van der Waals surface area (Å²) in [5.74, 6) is -4.04. The van der Waals surface area contributed by atoms with E-state index in [9.17, 15) is 31.5 Å². The molecule has 37 heavy (non-hydrogen) atoms. The fraction of sp³-hybridized carbons (Fsp3) is 0.208. The lowest BCUT2D eigenvalue weighted by atomic mass is 10.1. The van der Waals surface area contributed by atoms with Crippen molar-refractivity contribution >= 4 is 23.2 Å². The number of carbonyl (C=O) groups excluding carboxylic acids is 2. The van der Waals surface area contributed by atoms with Gasteiger partial charge in [-0.25, -0.2) is 4.39 Å². The monoisotopic (exact) mass is 522 g/mol. The Morgan fingerprint density at radius 3 is 2.32 bits per heavy atom. The van der Waals surface area contributed by atoms with Crippen molar-refractivity contribution in [3.63, 3.8) is 0 Å². The van der Waals surface area contributed by atoms with Gasteiger partial charge in [-0.2, -0.15) is 17.6 Å². The van der Waals surface area contributed by atoms with Crippen molar-refractivity contribution in [2.75, 3.05) is 17.7 Å². The van der Waals surface area contributed by atoms with E-state index in [0.717, 1.165) is 5.56 Å². The zero-order valence-corrected chi connectivity index (χ0v) is 19.1. The van der Waals surface area contributed by atoms with Crippen molar-refractivity contribution in [3.8, 4) is 11.5 Å². The Kier molecular flexibility index (Phi) is 6.88. The van der Waals surface area contributed by atoms with Crippen molar-refractivity contribution < 1.29 is 41.0 Å². The Bertz CT molecular complexity index is 1350. The van der Waals surface area contributed by atoms with Gasteiger partial charge in [-0.05, 0) is 29.8 Å². The highest BCUT2D eigenvalue weighted by Crippen LogP contribution is 2.48. The highest BCUT2D eigenvalue weighted by Gasteiger charge is 2.66. The molecule has 0 spiro atoms. The van der Waals surface area contributed by atoms with Crippen LogP contribution in [0, 0.1) is 5.82 Å². The second kappa shape index (κ2) is 9.91. The number of likely N-dealkylation sites (N-methyl/N-ethyl adjacent to an activating group) is 1. The standard InChI is InChI=1S/C24H19F5N4O4/c1-30-21(34)9-14-8-13(6-7-31-14)12-32-17-5-3-2-4-15(17)22(35)33-18-11-20-19(10-16(18)25)36-23(26,27)24(28,29)37-20/h2-8,10-11,32H,9,12H2,1H3,(H,30,34)(H,33,35). The average Bonchev–Trinajstić information content (AvgIpc) is 2.84. The van der Waals surface area contributed by atoms with Crippen LogP contribution in [0.4, 0.5) is 33.3 Å². The largest absolute Gasteiger partial charge is 0.507 e. The van der Waals surface area contributed by atoms with Crippen molar-refractivity contribution in [1.82, 2.24) is 10.3 Å². The molecule has 0 bridgehead atoms. The minimum absolute atomic E-state index is 0.0771. The van der Waals surface area contributed by atoms with Gasteiger partial charge in [-0.3, -0.25) is 14.6 Å². The first-order chi connectivity index (χ1) is 17.5. The fourth-order valence-electron chi connectivity index (χ4n) is 3.40. The van der Waals surface area contributed by atoms with Gasteiger partial charge in [0, 0.05) is 43.3 Å². The predicted octanol–water partition coefficient (Wildman–Crippen LogP) is 4.33. The first kappa shape index (κ1) is 25.7. The second-order valence-electron chi connectivity index (χ2n) is 7.88. The van der Waals surface area contributed by atoms with E-state index in [-0.39, 0.29) is 24.4 Å². The number of para-hydroxylation sites is 1. The van der Waals surface area contributed by atoms with Gasteiger partial charge in [0.1, 0.15) is 0 Å². The fourth-order valence-corrected chi connectivity index (χ4v) is 3.40. The van der Waals surface area contributed by atoms with Gasteiger partial charge in [-0.1, -0.05) is 12.1 Å². The van der Waals surface area contributed by atoms with Crippen LogP contribution < -0.4 is 25.4 Å². The molecule has 0 radical (unpaired) electrons. The molecule has 0 atom stereocenters. The summed E-state index contributed by atoms with van der Waals surface area (Å²) >= 11 is 0. The van der Waals surface area contributed by atoms with E-state index >= 15 is 0 Å². The number of carbonyl (C=O) groups is 2. The number of nitrogens with one attached hydrogen (secondary N) is 3. The van der Waals surface area contributed by atoms with E-state index in [0.29, 0.717) is 23.5 Å². The summed E-state index contributed by atoms with van der Waals surface area (Å²) in [5, 5.41) is 7.80. The minimum Gasteiger partial charge on any atom is -0.421 e. The molecule has 2 aromatic carbocycles.